The van der Waals surface area contributed by atoms with Crippen molar-refractivity contribution in [2.45, 2.75) is 26.0 Å². The third-order valence-corrected chi connectivity index (χ3v) is 5.61. The van der Waals surface area contributed by atoms with Gasteiger partial charge in [-0.25, -0.2) is 0 Å². The molecule has 3 rings (SSSR count). The van der Waals surface area contributed by atoms with Crippen LogP contribution in [0.5, 0.6) is 17.2 Å². The number of rotatable bonds is 9. The van der Waals surface area contributed by atoms with Gasteiger partial charge in [-0.3, -0.25) is 9.59 Å². The Labute approximate surface area is 200 Å². The number of ether oxygens (including phenoxy) is 3. The lowest BCUT2D eigenvalue weighted by Gasteiger charge is -2.29. The first-order valence-electron chi connectivity index (χ1n) is 11.2. The van der Waals surface area contributed by atoms with E-state index in [0.29, 0.717) is 41.5 Å². The lowest BCUT2D eigenvalue weighted by atomic mass is 9.94. The number of hydrogen-bond donors (Lipinski definition) is 1. The van der Waals surface area contributed by atoms with E-state index >= 15 is 0 Å². The molecule has 0 aliphatic carbocycles. The van der Waals surface area contributed by atoms with Gasteiger partial charge < -0.3 is 29.1 Å². The van der Waals surface area contributed by atoms with Gasteiger partial charge in [0, 0.05) is 17.2 Å². The molecule has 1 fully saturated rings. The first-order valence-corrected chi connectivity index (χ1v) is 11.2. The Hall–Kier alpha value is -3.52. The summed E-state index contributed by atoms with van der Waals surface area (Å²) in [7, 11) is 6.96. The molecule has 34 heavy (non-hydrogen) atoms. The number of hydrogen-bond acceptors (Lipinski definition) is 6. The third-order valence-electron chi connectivity index (χ3n) is 5.61. The number of amides is 1. The van der Waals surface area contributed by atoms with Gasteiger partial charge in [0.1, 0.15) is 17.2 Å². The summed E-state index contributed by atoms with van der Waals surface area (Å²) in [5.41, 5.74) is 0.781. The summed E-state index contributed by atoms with van der Waals surface area (Å²) in [6.45, 7) is 4.74. The molecule has 0 spiro atoms. The number of carbonyl (C=O) groups excluding carboxylic acids is 2. The summed E-state index contributed by atoms with van der Waals surface area (Å²) in [6, 6.07) is 10.9. The molecule has 8 heteroatoms. The predicted octanol–water partition coefficient (Wildman–Crippen LogP) is 0.860. The van der Waals surface area contributed by atoms with E-state index in [2.05, 4.69) is 0 Å². The molecule has 1 unspecified atom stereocenters. The van der Waals surface area contributed by atoms with Crippen molar-refractivity contribution in [3.63, 3.8) is 0 Å². The van der Waals surface area contributed by atoms with E-state index in [0.717, 1.165) is 4.90 Å². The monoisotopic (exact) mass is 468 g/mol. The number of methoxy groups -OCH3 is 2. The van der Waals surface area contributed by atoms with Crippen molar-refractivity contribution in [1.82, 2.24) is 4.90 Å². The van der Waals surface area contributed by atoms with Crippen molar-refractivity contribution in [2.75, 3.05) is 41.4 Å². The molecule has 8 nitrogen and oxygen atoms in total. The molecule has 1 heterocycles. The third kappa shape index (κ3) is 5.17. The van der Waals surface area contributed by atoms with Gasteiger partial charge in [-0.15, -0.1) is 0 Å². The maximum atomic E-state index is 13.6. The molecule has 0 aromatic heterocycles. The second-order valence-corrected chi connectivity index (χ2v) is 8.73. The summed E-state index contributed by atoms with van der Waals surface area (Å²) in [4.78, 5) is 28.8. The average Bonchev–Trinajstić information content (AvgIpc) is 3.06. The van der Waals surface area contributed by atoms with Crippen LogP contribution in [0.4, 0.5) is 0 Å². The molecular weight excluding hydrogens is 436 g/mol. The van der Waals surface area contributed by atoms with Crippen LogP contribution < -0.4 is 24.2 Å². The Balaban J connectivity index is 2.15. The lowest BCUT2D eigenvalue weighted by Crippen LogP contribution is -3.06. The van der Waals surface area contributed by atoms with Gasteiger partial charge >= 0.3 is 0 Å². The molecule has 182 valence electrons. The number of nitrogens with one attached hydrogen (secondary N) is 1. The summed E-state index contributed by atoms with van der Waals surface area (Å²) >= 11 is 0. The van der Waals surface area contributed by atoms with Crippen LogP contribution in [0.2, 0.25) is 0 Å². The van der Waals surface area contributed by atoms with Gasteiger partial charge in [0.2, 0.25) is 5.78 Å². The van der Waals surface area contributed by atoms with E-state index < -0.39 is 23.5 Å². The fourth-order valence-electron chi connectivity index (χ4n) is 3.93. The molecule has 1 atom stereocenters. The van der Waals surface area contributed by atoms with Crippen molar-refractivity contribution in [3.8, 4) is 17.2 Å². The van der Waals surface area contributed by atoms with E-state index in [4.69, 9.17) is 14.2 Å². The van der Waals surface area contributed by atoms with E-state index in [1.165, 1.54) is 19.1 Å². The predicted molar refractivity (Wildman–Crippen MR) is 126 cm³/mol. The van der Waals surface area contributed by atoms with Crippen molar-refractivity contribution in [2.24, 2.45) is 0 Å². The van der Waals surface area contributed by atoms with Crippen molar-refractivity contribution >= 4 is 17.4 Å². The normalized spacial score (nSPS) is 17.5. The van der Waals surface area contributed by atoms with Crippen LogP contribution in [-0.2, 0) is 9.59 Å². The molecule has 1 N–H and O–H groups in total. The Morgan fingerprint density at radius 1 is 1.03 bits per heavy atom. The molecule has 1 aliphatic rings. The van der Waals surface area contributed by atoms with Crippen molar-refractivity contribution < 1.29 is 33.8 Å². The van der Waals surface area contributed by atoms with Crippen LogP contribution in [0.25, 0.3) is 5.76 Å². The highest BCUT2D eigenvalue weighted by molar-refractivity contribution is 6.46. The van der Waals surface area contributed by atoms with Gasteiger partial charge in [0.05, 0.1) is 53.6 Å². The molecule has 1 amide bonds. The maximum Gasteiger partial charge on any atom is 0.295 e. The summed E-state index contributed by atoms with van der Waals surface area (Å²) in [6.07, 6.45) is -0.00994. The van der Waals surface area contributed by atoms with Crippen LogP contribution in [0, 0.1) is 0 Å². The maximum absolute atomic E-state index is 13.6. The van der Waals surface area contributed by atoms with E-state index in [9.17, 15) is 14.7 Å². The molecule has 2 aromatic carbocycles. The Bertz CT molecular complexity index is 1080. The van der Waals surface area contributed by atoms with Gasteiger partial charge in [-0.1, -0.05) is 17.9 Å². The summed E-state index contributed by atoms with van der Waals surface area (Å²) < 4.78 is 16.5. The van der Waals surface area contributed by atoms with E-state index in [1.54, 1.807) is 42.5 Å². The fourth-order valence-corrected chi connectivity index (χ4v) is 3.93. The minimum Gasteiger partial charge on any atom is -0.872 e. The largest absolute Gasteiger partial charge is 0.872 e. The van der Waals surface area contributed by atoms with Crippen LogP contribution in [-0.4, -0.2) is 64.1 Å². The Morgan fingerprint density at radius 2 is 1.68 bits per heavy atom. The van der Waals surface area contributed by atoms with E-state index in [-0.39, 0.29) is 11.7 Å². The second kappa shape index (κ2) is 10.6. The second-order valence-electron chi connectivity index (χ2n) is 8.73. The first-order chi connectivity index (χ1) is 16.2. The van der Waals surface area contributed by atoms with Crippen LogP contribution in [0.15, 0.2) is 48.0 Å². The van der Waals surface area contributed by atoms with Gasteiger partial charge in [0.25, 0.3) is 5.91 Å². The average molecular weight is 469 g/mol. The summed E-state index contributed by atoms with van der Waals surface area (Å²) in [5.74, 6) is -0.350. The number of carbonyl (C=O) groups is 2. The zero-order valence-corrected chi connectivity index (χ0v) is 20.5. The highest BCUT2D eigenvalue weighted by Crippen LogP contribution is 2.43. The first kappa shape index (κ1) is 25.1. The van der Waals surface area contributed by atoms with Gasteiger partial charge in [0.15, 0.2) is 0 Å². The number of nitrogens with zero attached hydrogens (tertiary/aromatic N) is 1. The highest BCUT2D eigenvalue weighted by Gasteiger charge is 2.45. The number of quaternary nitrogens is 1. The topological polar surface area (TPSA) is 92.6 Å². The molecule has 2 aromatic rings. The van der Waals surface area contributed by atoms with E-state index in [1.807, 2.05) is 27.9 Å². The number of benzene rings is 2. The van der Waals surface area contributed by atoms with Crippen molar-refractivity contribution in [1.29, 1.82) is 0 Å². The molecule has 1 aliphatic heterocycles. The highest BCUT2D eigenvalue weighted by atomic mass is 16.5. The van der Waals surface area contributed by atoms with Gasteiger partial charge in [-0.2, -0.15) is 0 Å². The van der Waals surface area contributed by atoms with Crippen LogP contribution in [0.1, 0.15) is 31.0 Å². The zero-order chi connectivity index (χ0) is 25.0. The lowest BCUT2D eigenvalue weighted by molar-refractivity contribution is -0.857. The fraction of sp³-hybridized carbons (Fsp3) is 0.385. The minimum absolute atomic E-state index is 0.00994. The number of ketones is 1. The molecule has 0 bridgehead atoms. The van der Waals surface area contributed by atoms with Gasteiger partial charge in [-0.05, 0) is 43.7 Å². The Morgan fingerprint density at radius 3 is 2.24 bits per heavy atom. The smallest absolute Gasteiger partial charge is 0.295 e. The zero-order valence-electron chi connectivity index (χ0n) is 20.5. The SMILES string of the molecule is COc1ccc(C2/C(=C(\[O-])c3ccc(OC(C)C)cc3)C(=O)C(=O)N2CC[NH+](C)C)c(OC)c1. The number of likely N-dealkylation sites (tertiary alicyclic amines) is 1. The quantitative estimate of drug-likeness (QED) is 0.333. The number of likely N-dealkylation sites (N-methyl/N-ethyl adjacent to an activating group) is 1. The van der Waals surface area contributed by atoms with Crippen LogP contribution >= 0.6 is 0 Å². The van der Waals surface area contributed by atoms with Crippen LogP contribution in [0.3, 0.4) is 0 Å². The standard InChI is InChI=1S/C26H32N2O6/c1-16(2)34-18-9-7-17(8-10-18)24(29)22-23(20-12-11-19(32-5)15-21(20)33-6)28(14-13-27(3)4)26(31)25(22)30/h7-12,15-16,23,29H,13-14H2,1-6H3/b24-22+. The van der Waals surface area contributed by atoms with Crippen molar-refractivity contribution in [3.05, 3.63) is 59.2 Å². The Kier molecular flexibility index (Phi) is 7.83. The minimum atomic E-state index is -0.862. The molecule has 1 saturated heterocycles. The number of Topliss-reactive ketones (excluding diaryl/α,β-unsaturated/α-hetero) is 1. The molecular formula is C26H32N2O6. The molecule has 0 radical (unpaired) electrons. The molecule has 0 saturated carbocycles. The summed E-state index contributed by atoms with van der Waals surface area (Å²) in [5, 5.41) is 13.6.